The van der Waals surface area contributed by atoms with Gasteiger partial charge >= 0.3 is 5.97 Å². The summed E-state index contributed by atoms with van der Waals surface area (Å²) in [6.07, 6.45) is 3.92. The van der Waals surface area contributed by atoms with Gasteiger partial charge in [-0.3, -0.25) is 9.59 Å². The molecule has 2 heterocycles. The Kier molecular flexibility index (Phi) is 4.77. The van der Waals surface area contributed by atoms with E-state index in [9.17, 15) is 19.5 Å². The quantitative estimate of drug-likeness (QED) is 0.855. The zero-order chi connectivity index (χ0) is 19.9. The number of aliphatic carboxylic acids is 1. The van der Waals surface area contributed by atoms with E-state index < -0.39 is 12.0 Å². The van der Waals surface area contributed by atoms with Crippen LogP contribution in [0.1, 0.15) is 42.5 Å². The fraction of sp³-hybridized carbons (Fsp3) is 0.571. The number of rotatable bonds is 4. The third kappa shape index (κ3) is 3.45. The molecule has 1 N–H and O–H groups in total. The lowest BCUT2D eigenvalue weighted by Gasteiger charge is -2.39. The molecular formula is C21H26N2O5. The first-order valence-electron chi connectivity index (χ1n) is 9.89. The summed E-state index contributed by atoms with van der Waals surface area (Å²) in [6, 6.07) is 5.98. The van der Waals surface area contributed by atoms with Crippen molar-refractivity contribution in [2.24, 2.45) is 11.3 Å². The lowest BCUT2D eigenvalue weighted by atomic mass is 9.76. The molecule has 7 nitrogen and oxygen atoms in total. The minimum atomic E-state index is -0.968. The molecule has 1 saturated carbocycles. The fourth-order valence-corrected chi connectivity index (χ4v) is 4.56. The van der Waals surface area contributed by atoms with Gasteiger partial charge in [-0.2, -0.15) is 0 Å². The van der Waals surface area contributed by atoms with E-state index in [0.29, 0.717) is 37.4 Å². The van der Waals surface area contributed by atoms with Crippen LogP contribution in [-0.2, 0) is 9.59 Å². The van der Waals surface area contributed by atoms with Crippen molar-refractivity contribution in [3.05, 3.63) is 29.8 Å². The maximum Gasteiger partial charge on any atom is 0.326 e. The van der Waals surface area contributed by atoms with Gasteiger partial charge in [0.15, 0.2) is 0 Å². The number of methoxy groups -OCH3 is 1. The SMILES string of the molecule is COc1cccc(C(=O)N2CC3(CCN(C(=O)C4CC4)CC3)C[C@@H]2C(=O)O)c1. The van der Waals surface area contributed by atoms with Gasteiger partial charge < -0.3 is 19.6 Å². The molecule has 0 bridgehead atoms. The van der Waals surface area contributed by atoms with E-state index >= 15 is 0 Å². The van der Waals surface area contributed by atoms with Gasteiger partial charge in [0.05, 0.1) is 7.11 Å². The topological polar surface area (TPSA) is 87.2 Å². The lowest BCUT2D eigenvalue weighted by molar-refractivity contribution is -0.141. The Morgan fingerprint density at radius 2 is 1.89 bits per heavy atom. The Morgan fingerprint density at radius 3 is 2.50 bits per heavy atom. The number of carboxylic acid groups (broad SMARTS) is 1. The van der Waals surface area contributed by atoms with Crippen LogP contribution in [0.4, 0.5) is 0 Å². The van der Waals surface area contributed by atoms with Gasteiger partial charge in [-0.25, -0.2) is 4.79 Å². The molecular weight excluding hydrogens is 360 g/mol. The Labute approximate surface area is 164 Å². The number of ether oxygens (including phenoxy) is 1. The zero-order valence-electron chi connectivity index (χ0n) is 16.1. The molecule has 1 aromatic carbocycles. The van der Waals surface area contributed by atoms with E-state index in [2.05, 4.69) is 0 Å². The van der Waals surface area contributed by atoms with Crippen molar-refractivity contribution in [2.45, 2.75) is 38.1 Å². The van der Waals surface area contributed by atoms with Crippen molar-refractivity contribution in [1.82, 2.24) is 9.80 Å². The van der Waals surface area contributed by atoms with Crippen LogP contribution in [-0.4, -0.2) is 65.5 Å². The first kappa shape index (κ1) is 18.8. The summed E-state index contributed by atoms with van der Waals surface area (Å²) < 4.78 is 5.19. The lowest BCUT2D eigenvalue weighted by Crippen LogP contribution is -2.45. The average Bonchev–Trinajstić information content (AvgIpc) is 3.50. The predicted molar refractivity (Wildman–Crippen MR) is 101 cm³/mol. The summed E-state index contributed by atoms with van der Waals surface area (Å²) in [7, 11) is 1.53. The average molecular weight is 386 g/mol. The zero-order valence-corrected chi connectivity index (χ0v) is 16.1. The van der Waals surface area contributed by atoms with Crippen LogP contribution in [0.25, 0.3) is 0 Å². The molecule has 150 valence electrons. The van der Waals surface area contributed by atoms with Crippen LogP contribution in [0.2, 0.25) is 0 Å². The fourth-order valence-electron chi connectivity index (χ4n) is 4.56. The number of hydrogen-bond donors (Lipinski definition) is 1. The number of piperidine rings is 1. The largest absolute Gasteiger partial charge is 0.497 e. The van der Waals surface area contributed by atoms with E-state index in [0.717, 1.165) is 25.7 Å². The molecule has 0 radical (unpaired) electrons. The molecule has 1 atom stereocenters. The number of benzene rings is 1. The normalized spacial score (nSPS) is 23.7. The molecule has 2 amide bonds. The van der Waals surface area contributed by atoms with Gasteiger partial charge in [-0.15, -0.1) is 0 Å². The van der Waals surface area contributed by atoms with Crippen LogP contribution in [0.3, 0.4) is 0 Å². The number of amides is 2. The summed E-state index contributed by atoms with van der Waals surface area (Å²) in [5.41, 5.74) is 0.210. The number of likely N-dealkylation sites (tertiary alicyclic amines) is 2. The van der Waals surface area contributed by atoms with Crippen molar-refractivity contribution < 1.29 is 24.2 Å². The Balaban J connectivity index is 1.49. The molecule has 1 aromatic rings. The standard InChI is InChI=1S/C21H26N2O5/c1-28-16-4-2-3-15(11-16)19(25)23-13-21(12-17(23)20(26)27)7-9-22(10-8-21)18(24)14-5-6-14/h2-4,11,14,17H,5-10,12-13H2,1H3,(H,26,27)/t17-/m1/s1. The molecule has 4 rings (SSSR count). The molecule has 3 aliphatic rings. The van der Waals surface area contributed by atoms with Crippen molar-refractivity contribution in [2.75, 3.05) is 26.7 Å². The van der Waals surface area contributed by atoms with E-state index in [1.165, 1.54) is 12.0 Å². The minimum absolute atomic E-state index is 0.204. The van der Waals surface area contributed by atoms with Crippen LogP contribution < -0.4 is 4.74 Å². The Hall–Kier alpha value is -2.57. The van der Waals surface area contributed by atoms with Gasteiger partial charge in [0.25, 0.3) is 5.91 Å². The summed E-state index contributed by atoms with van der Waals surface area (Å²) in [5.74, 6) is -0.231. The Morgan fingerprint density at radius 1 is 1.18 bits per heavy atom. The molecule has 0 aromatic heterocycles. The summed E-state index contributed by atoms with van der Waals surface area (Å²) in [4.78, 5) is 40.7. The molecule has 7 heteroatoms. The van der Waals surface area contributed by atoms with Crippen molar-refractivity contribution in [1.29, 1.82) is 0 Å². The predicted octanol–water partition coefficient (Wildman–Crippen LogP) is 2.01. The summed E-state index contributed by atoms with van der Waals surface area (Å²) in [6.45, 7) is 1.73. The van der Waals surface area contributed by atoms with E-state index in [-0.39, 0.29) is 23.1 Å². The Bertz CT molecular complexity index is 796. The van der Waals surface area contributed by atoms with E-state index in [1.54, 1.807) is 24.3 Å². The van der Waals surface area contributed by atoms with Crippen molar-refractivity contribution in [3.8, 4) is 5.75 Å². The summed E-state index contributed by atoms with van der Waals surface area (Å²) >= 11 is 0. The molecule has 1 spiro atoms. The van der Waals surface area contributed by atoms with Crippen LogP contribution in [0, 0.1) is 11.3 Å². The maximum absolute atomic E-state index is 13.1. The number of hydrogen-bond acceptors (Lipinski definition) is 4. The number of carbonyl (C=O) groups is 3. The van der Waals surface area contributed by atoms with Crippen LogP contribution in [0.5, 0.6) is 5.75 Å². The number of carbonyl (C=O) groups excluding carboxylic acids is 2. The van der Waals surface area contributed by atoms with Crippen LogP contribution >= 0.6 is 0 Å². The second-order valence-corrected chi connectivity index (χ2v) is 8.32. The van der Waals surface area contributed by atoms with E-state index in [1.807, 2.05) is 4.90 Å². The third-order valence-electron chi connectivity index (χ3n) is 6.43. The number of carboxylic acids is 1. The molecule has 2 saturated heterocycles. The smallest absolute Gasteiger partial charge is 0.326 e. The first-order valence-corrected chi connectivity index (χ1v) is 9.89. The van der Waals surface area contributed by atoms with Gasteiger partial charge in [-0.05, 0) is 55.7 Å². The number of nitrogens with zero attached hydrogens (tertiary/aromatic N) is 2. The molecule has 1 aliphatic carbocycles. The second kappa shape index (κ2) is 7.11. The maximum atomic E-state index is 13.1. The van der Waals surface area contributed by atoms with E-state index in [4.69, 9.17) is 4.74 Å². The van der Waals surface area contributed by atoms with Crippen molar-refractivity contribution in [3.63, 3.8) is 0 Å². The summed E-state index contributed by atoms with van der Waals surface area (Å²) in [5, 5.41) is 9.73. The molecule has 2 aliphatic heterocycles. The van der Waals surface area contributed by atoms with Gasteiger partial charge in [0.1, 0.15) is 11.8 Å². The molecule has 3 fully saturated rings. The first-order chi connectivity index (χ1) is 13.4. The highest BCUT2D eigenvalue weighted by molar-refractivity contribution is 5.97. The monoisotopic (exact) mass is 386 g/mol. The van der Waals surface area contributed by atoms with Gasteiger partial charge in [0, 0.05) is 31.1 Å². The van der Waals surface area contributed by atoms with Gasteiger partial charge in [-0.1, -0.05) is 6.07 Å². The highest BCUT2D eigenvalue weighted by Gasteiger charge is 2.50. The van der Waals surface area contributed by atoms with Gasteiger partial charge in [0.2, 0.25) is 5.91 Å². The highest BCUT2D eigenvalue weighted by atomic mass is 16.5. The molecule has 28 heavy (non-hydrogen) atoms. The van der Waals surface area contributed by atoms with Crippen molar-refractivity contribution >= 4 is 17.8 Å². The second-order valence-electron chi connectivity index (χ2n) is 8.32. The highest BCUT2D eigenvalue weighted by Crippen LogP contribution is 2.45. The van der Waals surface area contributed by atoms with Crippen LogP contribution in [0.15, 0.2) is 24.3 Å². The molecule has 0 unspecified atom stereocenters. The minimum Gasteiger partial charge on any atom is -0.497 e. The third-order valence-corrected chi connectivity index (χ3v) is 6.43.